The van der Waals surface area contributed by atoms with Crippen molar-refractivity contribution in [2.24, 2.45) is 0 Å². The second-order valence-electron chi connectivity index (χ2n) is 8.23. The van der Waals surface area contributed by atoms with Crippen LogP contribution in [0.4, 0.5) is 18.9 Å². The van der Waals surface area contributed by atoms with Gasteiger partial charge in [-0.1, -0.05) is 18.2 Å². The van der Waals surface area contributed by atoms with Crippen LogP contribution in [0.2, 0.25) is 0 Å². The molecule has 2 heterocycles. The average Bonchev–Trinajstić information content (AvgIpc) is 3.40. The normalized spacial score (nSPS) is 19.1. The largest absolute Gasteiger partial charge is 0.508 e. The number of nitrogens with zero attached hydrogens (tertiary/aromatic N) is 1. The standard InChI is InChI=1S/C26H18F3NO5/c27-26(28,29)17-4-2-5-18(13-17)30-22(15-3-1-6-19(31)12-15)21(24(33)25(30)34)23(32)16-7-8-20-14(11-16)9-10-35-20/h1-8,11-13,22,31-32H,9-10H2/b23-21-. The second kappa shape index (κ2) is 8.19. The van der Waals surface area contributed by atoms with Crippen LogP contribution in [0.15, 0.2) is 72.3 Å². The summed E-state index contributed by atoms with van der Waals surface area (Å²) < 4.78 is 45.6. The molecular weight excluding hydrogens is 463 g/mol. The molecule has 0 radical (unpaired) electrons. The van der Waals surface area contributed by atoms with E-state index >= 15 is 0 Å². The Kier molecular flexibility index (Phi) is 5.27. The molecule has 1 atom stereocenters. The molecule has 0 aliphatic carbocycles. The fourth-order valence-electron chi connectivity index (χ4n) is 4.43. The summed E-state index contributed by atoms with van der Waals surface area (Å²) in [7, 11) is 0. The average molecular weight is 481 g/mol. The molecule has 178 valence electrons. The number of alkyl halides is 3. The van der Waals surface area contributed by atoms with E-state index in [2.05, 4.69) is 0 Å². The van der Waals surface area contributed by atoms with E-state index in [0.29, 0.717) is 18.8 Å². The zero-order valence-corrected chi connectivity index (χ0v) is 18.0. The molecule has 3 aromatic carbocycles. The quantitative estimate of drug-likeness (QED) is 0.313. The van der Waals surface area contributed by atoms with Gasteiger partial charge in [-0.2, -0.15) is 13.2 Å². The van der Waals surface area contributed by atoms with Gasteiger partial charge in [0.05, 0.1) is 23.8 Å². The number of Topliss-reactive ketones (excluding diaryl/α,β-unsaturated/α-hetero) is 1. The summed E-state index contributed by atoms with van der Waals surface area (Å²) in [4.78, 5) is 27.2. The lowest BCUT2D eigenvalue weighted by Gasteiger charge is -2.26. The van der Waals surface area contributed by atoms with E-state index < -0.39 is 35.2 Å². The van der Waals surface area contributed by atoms with Crippen molar-refractivity contribution < 1.29 is 37.7 Å². The summed E-state index contributed by atoms with van der Waals surface area (Å²) in [6.07, 6.45) is -4.07. The summed E-state index contributed by atoms with van der Waals surface area (Å²) in [6.45, 7) is 0.475. The Hall–Kier alpha value is -4.27. The lowest BCUT2D eigenvalue weighted by atomic mass is 9.94. The van der Waals surface area contributed by atoms with E-state index in [4.69, 9.17) is 4.74 Å². The van der Waals surface area contributed by atoms with Crippen LogP contribution in [0.1, 0.15) is 28.3 Å². The molecule has 1 saturated heterocycles. The van der Waals surface area contributed by atoms with Gasteiger partial charge in [-0.05, 0) is 59.7 Å². The maximum Gasteiger partial charge on any atom is 0.416 e. The number of benzene rings is 3. The third kappa shape index (κ3) is 3.88. The number of halogens is 3. The number of fused-ring (bicyclic) bond motifs is 1. The van der Waals surface area contributed by atoms with E-state index in [0.717, 1.165) is 28.7 Å². The van der Waals surface area contributed by atoms with Gasteiger partial charge >= 0.3 is 6.18 Å². The highest BCUT2D eigenvalue weighted by atomic mass is 19.4. The maximum absolute atomic E-state index is 13.4. The lowest BCUT2D eigenvalue weighted by molar-refractivity contribution is -0.137. The summed E-state index contributed by atoms with van der Waals surface area (Å²) in [5.41, 5.74) is -0.136. The summed E-state index contributed by atoms with van der Waals surface area (Å²) in [5, 5.41) is 21.2. The van der Waals surface area contributed by atoms with Gasteiger partial charge in [-0.15, -0.1) is 0 Å². The minimum atomic E-state index is -4.67. The van der Waals surface area contributed by atoms with Crippen molar-refractivity contribution in [3.05, 3.63) is 94.6 Å². The molecule has 1 fully saturated rings. The van der Waals surface area contributed by atoms with Crippen LogP contribution in [0, 0.1) is 0 Å². The number of ether oxygens (including phenoxy) is 1. The molecule has 9 heteroatoms. The fourth-order valence-corrected chi connectivity index (χ4v) is 4.43. The Labute approximate surface area is 197 Å². The number of carbonyl (C=O) groups is 2. The monoisotopic (exact) mass is 481 g/mol. The molecule has 0 saturated carbocycles. The van der Waals surface area contributed by atoms with Gasteiger partial charge in [0.1, 0.15) is 17.3 Å². The van der Waals surface area contributed by atoms with Gasteiger partial charge in [0.2, 0.25) is 0 Å². The van der Waals surface area contributed by atoms with Crippen LogP contribution in [-0.2, 0) is 22.2 Å². The van der Waals surface area contributed by atoms with Gasteiger partial charge in [-0.3, -0.25) is 14.5 Å². The third-order valence-corrected chi connectivity index (χ3v) is 6.04. The van der Waals surface area contributed by atoms with E-state index in [9.17, 15) is 33.0 Å². The Balaban J connectivity index is 1.71. The van der Waals surface area contributed by atoms with Crippen molar-refractivity contribution >= 4 is 23.1 Å². The first kappa shape index (κ1) is 22.5. The Morgan fingerprint density at radius 2 is 1.77 bits per heavy atom. The first-order valence-electron chi connectivity index (χ1n) is 10.7. The first-order chi connectivity index (χ1) is 16.6. The Morgan fingerprint density at radius 1 is 1.00 bits per heavy atom. The topological polar surface area (TPSA) is 87.1 Å². The second-order valence-corrected chi connectivity index (χ2v) is 8.23. The zero-order chi connectivity index (χ0) is 24.9. The van der Waals surface area contributed by atoms with E-state index in [-0.39, 0.29) is 28.1 Å². The van der Waals surface area contributed by atoms with E-state index in [1.807, 2.05) is 0 Å². The predicted molar refractivity (Wildman–Crippen MR) is 120 cm³/mol. The zero-order valence-electron chi connectivity index (χ0n) is 18.0. The summed E-state index contributed by atoms with van der Waals surface area (Å²) in [5.74, 6) is -2.14. The number of aliphatic hydroxyl groups excluding tert-OH is 1. The van der Waals surface area contributed by atoms with Gasteiger partial charge in [0.25, 0.3) is 11.7 Å². The highest BCUT2D eigenvalue weighted by Crippen LogP contribution is 2.44. The van der Waals surface area contributed by atoms with Gasteiger partial charge in [0, 0.05) is 17.7 Å². The Morgan fingerprint density at radius 3 is 2.51 bits per heavy atom. The van der Waals surface area contributed by atoms with Gasteiger partial charge in [0.15, 0.2) is 0 Å². The van der Waals surface area contributed by atoms with Crippen LogP contribution in [0.3, 0.4) is 0 Å². The van der Waals surface area contributed by atoms with Crippen molar-refractivity contribution in [2.75, 3.05) is 11.5 Å². The highest BCUT2D eigenvalue weighted by Gasteiger charge is 2.47. The molecule has 1 unspecified atom stereocenters. The third-order valence-electron chi connectivity index (χ3n) is 6.04. The van der Waals surface area contributed by atoms with Crippen molar-refractivity contribution in [3.8, 4) is 11.5 Å². The summed E-state index contributed by atoms with van der Waals surface area (Å²) in [6, 6.07) is 13.3. The van der Waals surface area contributed by atoms with Crippen molar-refractivity contribution in [1.29, 1.82) is 0 Å². The number of amides is 1. The molecule has 1 amide bonds. The van der Waals surface area contributed by atoms with Crippen LogP contribution >= 0.6 is 0 Å². The number of hydrogen-bond donors (Lipinski definition) is 2. The molecule has 2 aliphatic heterocycles. The van der Waals surface area contributed by atoms with Gasteiger partial charge in [-0.25, -0.2) is 0 Å². The molecule has 0 spiro atoms. The molecule has 3 aromatic rings. The number of ketones is 1. The molecule has 5 rings (SSSR count). The molecule has 0 aromatic heterocycles. The molecule has 2 N–H and O–H groups in total. The molecule has 35 heavy (non-hydrogen) atoms. The SMILES string of the molecule is O=C1C(=O)N(c2cccc(C(F)(F)F)c2)C(c2cccc(O)c2)/C1=C(/O)c1ccc2c(c1)CCO2. The van der Waals surface area contributed by atoms with Crippen molar-refractivity contribution in [1.82, 2.24) is 0 Å². The summed E-state index contributed by atoms with van der Waals surface area (Å²) >= 11 is 0. The van der Waals surface area contributed by atoms with Crippen LogP contribution in [0.5, 0.6) is 11.5 Å². The maximum atomic E-state index is 13.4. The number of anilines is 1. The smallest absolute Gasteiger partial charge is 0.416 e. The van der Waals surface area contributed by atoms with Crippen LogP contribution in [-0.4, -0.2) is 28.5 Å². The molecular formula is C26H18F3NO5. The van der Waals surface area contributed by atoms with E-state index in [1.54, 1.807) is 12.1 Å². The van der Waals surface area contributed by atoms with Crippen LogP contribution in [0.25, 0.3) is 5.76 Å². The predicted octanol–water partition coefficient (Wildman–Crippen LogP) is 4.97. The van der Waals surface area contributed by atoms with Crippen molar-refractivity contribution in [2.45, 2.75) is 18.6 Å². The number of phenolic OH excluding ortho intramolecular Hbond substituents is 1. The fraction of sp³-hybridized carbons (Fsp3) is 0.154. The number of aromatic hydroxyl groups is 1. The Bertz CT molecular complexity index is 1400. The van der Waals surface area contributed by atoms with Gasteiger partial charge < -0.3 is 14.9 Å². The highest BCUT2D eigenvalue weighted by molar-refractivity contribution is 6.51. The number of rotatable bonds is 3. The number of aliphatic hydroxyl groups is 1. The first-order valence-corrected chi connectivity index (χ1v) is 10.7. The van der Waals surface area contributed by atoms with E-state index in [1.165, 1.54) is 36.4 Å². The number of carbonyl (C=O) groups excluding carboxylic acids is 2. The molecule has 6 nitrogen and oxygen atoms in total. The minimum absolute atomic E-state index is 0.170. The molecule has 0 bridgehead atoms. The molecule has 2 aliphatic rings. The van der Waals surface area contributed by atoms with Crippen molar-refractivity contribution in [3.63, 3.8) is 0 Å². The number of phenols is 1. The minimum Gasteiger partial charge on any atom is -0.508 e. The lowest BCUT2D eigenvalue weighted by Crippen LogP contribution is -2.29. The number of hydrogen-bond acceptors (Lipinski definition) is 5. The van der Waals surface area contributed by atoms with Crippen LogP contribution < -0.4 is 9.64 Å².